The smallest absolute Gasteiger partial charge is 0.408 e. The molecule has 0 amide bonds. The third kappa shape index (κ3) is 1.87. The molecule has 0 atom stereocenters. The Hall–Kier alpha value is -1.59. The molecule has 0 aliphatic rings. The van der Waals surface area contributed by atoms with Gasteiger partial charge in [-0.05, 0) is 12.1 Å². The second kappa shape index (κ2) is 4.01. The topological polar surface area (TPSA) is 48.0 Å². The molecule has 0 fully saturated rings. The van der Waals surface area contributed by atoms with Crippen LogP contribution in [-0.2, 0) is 6.54 Å². The van der Waals surface area contributed by atoms with Crippen LogP contribution in [0.1, 0.15) is 4.88 Å². The molecule has 0 saturated heterocycles. The summed E-state index contributed by atoms with van der Waals surface area (Å²) in [6, 6.07) is 7.32. The molecular weight excluding hydrogens is 260 g/mol. The Morgan fingerprint density at radius 1 is 1.41 bits per heavy atom. The molecule has 2 heterocycles. The lowest BCUT2D eigenvalue weighted by atomic mass is 10.3. The van der Waals surface area contributed by atoms with E-state index >= 15 is 0 Å². The quantitative estimate of drug-likeness (QED) is 0.717. The molecule has 0 aliphatic heterocycles. The van der Waals surface area contributed by atoms with Crippen LogP contribution in [0.3, 0.4) is 0 Å². The highest BCUT2D eigenvalue weighted by molar-refractivity contribution is 7.15. The minimum absolute atomic E-state index is 0.365. The van der Waals surface area contributed by atoms with Crippen LogP contribution < -0.4 is 5.76 Å². The van der Waals surface area contributed by atoms with E-state index in [0.29, 0.717) is 16.6 Å². The molecule has 4 nitrogen and oxygen atoms in total. The zero-order valence-corrected chi connectivity index (χ0v) is 10.2. The van der Waals surface area contributed by atoms with E-state index in [0.717, 1.165) is 10.4 Å². The first-order valence-electron chi connectivity index (χ1n) is 4.92. The maximum absolute atomic E-state index is 11.7. The first-order valence-corrected chi connectivity index (χ1v) is 6.12. The lowest BCUT2D eigenvalue weighted by Gasteiger charge is -1.97. The molecular formula is C11H7ClN2O2S. The van der Waals surface area contributed by atoms with Crippen molar-refractivity contribution >= 4 is 34.0 Å². The summed E-state index contributed by atoms with van der Waals surface area (Å²) in [5, 5.41) is 0. The molecule has 3 rings (SSSR count). The predicted molar refractivity (Wildman–Crippen MR) is 66.7 cm³/mol. The molecule has 0 N–H and O–H groups in total. The summed E-state index contributed by atoms with van der Waals surface area (Å²) >= 11 is 7.11. The number of rotatable bonds is 2. The van der Waals surface area contributed by atoms with Crippen molar-refractivity contribution in [3.63, 3.8) is 0 Å². The number of nitrogens with zero attached hydrogens (tertiary/aromatic N) is 2. The van der Waals surface area contributed by atoms with Gasteiger partial charge in [-0.3, -0.25) is 4.57 Å². The fourth-order valence-electron chi connectivity index (χ4n) is 1.68. The van der Waals surface area contributed by atoms with E-state index < -0.39 is 0 Å². The standard InChI is InChI=1S/C11H7ClN2O2S/c12-10-13-5-7(17-10)6-14-8-3-1-2-4-9(8)16-11(14)15/h1-5H,6H2. The van der Waals surface area contributed by atoms with E-state index in [4.69, 9.17) is 16.0 Å². The summed E-state index contributed by atoms with van der Waals surface area (Å²) in [4.78, 5) is 16.6. The van der Waals surface area contributed by atoms with Gasteiger partial charge < -0.3 is 4.42 Å². The van der Waals surface area contributed by atoms with Crippen molar-refractivity contribution in [1.82, 2.24) is 9.55 Å². The monoisotopic (exact) mass is 266 g/mol. The zero-order valence-electron chi connectivity index (χ0n) is 8.59. The highest BCUT2D eigenvalue weighted by Gasteiger charge is 2.10. The third-order valence-corrected chi connectivity index (χ3v) is 3.51. The van der Waals surface area contributed by atoms with Gasteiger partial charge in [0.25, 0.3) is 0 Å². The van der Waals surface area contributed by atoms with Gasteiger partial charge in [-0.2, -0.15) is 0 Å². The molecule has 2 aromatic heterocycles. The van der Waals surface area contributed by atoms with Crippen molar-refractivity contribution in [2.75, 3.05) is 0 Å². The lowest BCUT2D eigenvalue weighted by Crippen LogP contribution is -2.14. The number of thiazole rings is 1. The number of aromatic nitrogens is 2. The molecule has 0 aliphatic carbocycles. The van der Waals surface area contributed by atoms with Crippen molar-refractivity contribution in [1.29, 1.82) is 0 Å². The Bertz CT molecular complexity index is 728. The van der Waals surface area contributed by atoms with Gasteiger partial charge in [-0.15, -0.1) is 11.3 Å². The summed E-state index contributed by atoms with van der Waals surface area (Å²) in [7, 11) is 0. The van der Waals surface area contributed by atoms with Crippen LogP contribution in [0.25, 0.3) is 11.1 Å². The number of oxazole rings is 1. The SMILES string of the molecule is O=c1oc2ccccc2n1Cc1cnc(Cl)s1. The number of hydrogen-bond donors (Lipinski definition) is 0. The third-order valence-electron chi connectivity index (χ3n) is 2.41. The number of para-hydroxylation sites is 2. The second-order valence-electron chi connectivity index (χ2n) is 3.50. The van der Waals surface area contributed by atoms with Crippen molar-refractivity contribution in [2.24, 2.45) is 0 Å². The average molecular weight is 267 g/mol. The summed E-state index contributed by atoms with van der Waals surface area (Å²) in [5.74, 6) is -0.365. The van der Waals surface area contributed by atoms with Crippen molar-refractivity contribution in [2.45, 2.75) is 6.54 Å². The van der Waals surface area contributed by atoms with E-state index in [-0.39, 0.29) is 5.76 Å². The minimum Gasteiger partial charge on any atom is -0.408 e. The van der Waals surface area contributed by atoms with Crippen LogP contribution in [0.5, 0.6) is 0 Å². The number of hydrogen-bond acceptors (Lipinski definition) is 4. The molecule has 3 aromatic rings. The highest BCUT2D eigenvalue weighted by Crippen LogP contribution is 2.20. The van der Waals surface area contributed by atoms with E-state index in [9.17, 15) is 4.79 Å². The van der Waals surface area contributed by atoms with Crippen molar-refractivity contribution in [3.8, 4) is 0 Å². The largest absolute Gasteiger partial charge is 0.420 e. The Kier molecular flexibility index (Phi) is 2.49. The van der Waals surface area contributed by atoms with Crippen molar-refractivity contribution in [3.05, 3.63) is 50.4 Å². The van der Waals surface area contributed by atoms with Gasteiger partial charge >= 0.3 is 5.76 Å². The number of benzene rings is 1. The minimum atomic E-state index is -0.365. The Balaban J connectivity index is 2.11. The Labute approximate surface area is 105 Å². The van der Waals surface area contributed by atoms with Crippen LogP contribution in [0, 0.1) is 0 Å². The lowest BCUT2D eigenvalue weighted by molar-refractivity contribution is 0.518. The summed E-state index contributed by atoms with van der Waals surface area (Å²) in [6.07, 6.45) is 1.67. The van der Waals surface area contributed by atoms with Crippen LogP contribution in [0.15, 0.2) is 39.7 Å². The van der Waals surface area contributed by atoms with Crippen LogP contribution in [-0.4, -0.2) is 9.55 Å². The van der Waals surface area contributed by atoms with Gasteiger partial charge in [0.05, 0.1) is 12.1 Å². The van der Waals surface area contributed by atoms with Gasteiger partial charge in [0.2, 0.25) is 0 Å². The molecule has 17 heavy (non-hydrogen) atoms. The molecule has 0 radical (unpaired) electrons. The summed E-state index contributed by atoms with van der Waals surface area (Å²) < 4.78 is 7.18. The maximum Gasteiger partial charge on any atom is 0.420 e. The maximum atomic E-state index is 11.7. The average Bonchev–Trinajstić information content (AvgIpc) is 2.85. The Morgan fingerprint density at radius 3 is 3.00 bits per heavy atom. The summed E-state index contributed by atoms with van der Waals surface area (Å²) in [6.45, 7) is 0.431. The van der Waals surface area contributed by atoms with Crippen LogP contribution in [0.4, 0.5) is 0 Å². The van der Waals surface area contributed by atoms with Gasteiger partial charge in [0.1, 0.15) is 0 Å². The van der Waals surface area contributed by atoms with Gasteiger partial charge in [0, 0.05) is 11.1 Å². The molecule has 6 heteroatoms. The molecule has 86 valence electrons. The first-order chi connectivity index (χ1) is 8.24. The summed E-state index contributed by atoms with van der Waals surface area (Å²) in [5.41, 5.74) is 1.37. The number of fused-ring (bicyclic) bond motifs is 1. The first kappa shape index (κ1) is 10.6. The van der Waals surface area contributed by atoms with Crippen molar-refractivity contribution < 1.29 is 4.42 Å². The molecule has 0 bridgehead atoms. The van der Waals surface area contributed by atoms with Gasteiger partial charge in [-0.1, -0.05) is 23.7 Å². The molecule has 0 unspecified atom stereocenters. The highest BCUT2D eigenvalue weighted by atomic mass is 35.5. The second-order valence-corrected chi connectivity index (χ2v) is 5.20. The van der Waals surface area contributed by atoms with E-state index in [2.05, 4.69) is 4.98 Å². The zero-order chi connectivity index (χ0) is 11.8. The predicted octanol–water partition coefficient (Wildman–Crippen LogP) is 2.75. The number of halogens is 1. The Morgan fingerprint density at radius 2 is 2.24 bits per heavy atom. The van der Waals surface area contributed by atoms with E-state index in [1.165, 1.54) is 11.3 Å². The fraction of sp³-hybridized carbons (Fsp3) is 0.0909. The van der Waals surface area contributed by atoms with Gasteiger partial charge in [0.15, 0.2) is 10.0 Å². The van der Waals surface area contributed by atoms with Crippen LogP contribution in [0.2, 0.25) is 4.47 Å². The molecule has 0 spiro atoms. The van der Waals surface area contributed by atoms with E-state index in [1.807, 2.05) is 18.2 Å². The van der Waals surface area contributed by atoms with Crippen LogP contribution >= 0.6 is 22.9 Å². The molecule has 1 aromatic carbocycles. The molecule has 0 saturated carbocycles. The normalized spacial score (nSPS) is 11.1. The van der Waals surface area contributed by atoms with Gasteiger partial charge in [-0.25, -0.2) is 9.78 Å². The fourth-order valence-corrected chi connectivity index (χ4v) is 2.64. The van der Waals surface area contributed by atoms with E-state index in [1.54, 1.807) is 16.8 Å².